The molecule has 1 amide bonds. The summed E-state index contributed by atoms with van der Waals surface area (Å²) in [6, 6.07) is 16.6. The van der Waals surface area contributed by atoms with Gasteiger partial charge in [0.05, 0.1) is 11.8 Å². The number of hydrogen-bond donors (Lipinski definition) is 0. The molecule has 0 aliphatic carbocycles. The zero-order chi connectivity index (χ0) is 21.1. The molecular weight excluding hydrogens is 394 g/mol. The number of rotatable bonds is 5. The van der Waals surface area contributed by atoms with E-state index in [0.717, 1.165) is 30.5 Å². The van der Waals surface area contributed by atoms with Crippen LogP contribution in [0, 0.1) is 13.8 Å². The number of carbonyl (C=O) groups is 1. The van der Waals surface area contributed by atoms with Gasteiger partial charge in [-0.15, -0.1) is 10.2 Å². The van der Waals surface area contributed by atoms with E-state index >= 15 is 0 Å². The summed E-state index contributed by atoms with van der Waals surface area (Å²) in [4.78, 5) is 17.5. The van der Waals surface area contributed by atoms with Gasteiger partial charge in [-0.1, -0.05) is 48.2 Å². The topological polar surface area (TPSA) is 54.3 Å². The number of amides is 1. The molecule has 1 atom stereocenters. The number of carbonyl (C=O) groups excluding carboxylic acids is 1. The standard InChI is InChI=1S/C23H27N5OS/c1-17-9-10-20(13-18(17)2)28-16-24-25-23(28)30-15-22(29)27-12-11-26(3)14-21(27)19-7-5-4-6-8-19/h4-10,13,16,21H,11-12,14-15H2,1-3H3. The fourth-order valence-electron chi connectivity index (χ4n) is 3.76. The Kier molecular flexibility index (Phi) is 6.20. The summed E-state index contributed by atoms with van der Waals surface area (Å²) in [7, 11) is 2.11. The van der Waals surface area contributed by atoms with E-state index in [4.69, 9.17) is 0 Å². The molecule has 0 bridgehead atoms. The van der Waals surface area contributed by atoms with Gasteiger partial charge in [-0.05, 0) is 49.7 Å². The summed E-state index contributed by atoms with van der Waals surface area (Å²) in [5, 5.41) is 9.06. The molecule has 6 nitrogen and oxygen atoms in total. The van der Waals surface area contributed by atoms with Crippen LogP contribution >= 0.6 is 11.8 Å². The molecule has 7 heteroatoms. The Labute approximate surface area is 181 Å². The van der Waals surface area contributed by atoms with Gasteiger partial charge < -0.3 is 9.80 Å². The lowest BCUT2D eigenvalue weighted by Crippen LogP contribution is -2.49. The van der Waals surface area contributed by atoms with Gasteiger partial charge in [0.2, 0.25) is 5.91 Å². The van der Waals surface area contributed by atoms with E-state index < -0.39 is 0 Å². The van der Waals surface area contributed by atoms with Crippen molar-refractivity contribution in [3.05, 3.63) is 71.5 Å². The Bertz CT molecular complexity index is 1020. The monoisotopic (exact) mass is 421 g/mol. The van der Waals surface area contributed by atoms with Crippen molar-refractivity contribution in [2.24, 2.45) is 0 Å². The van der Waals surface area contributed by atoms with Crippen LogP contribution in [0.25, 0.3) is 5.69 Å². The van der Waals surface area contributed by atoms with Gasteiger partial charge in [0.25, 0.3) is 0 Å². The highest BCUT2D eigenvalue weighted by atomic mass is 32.2. The lowest BCUT2D eigenvalue weighted by Gasteiger charge is -2.40. The van der Waals surface area contributed by atoms with Gasteiger partial charge in [0.15, 0.2) is 5.16 Å². The molecule has 0 spiro atoms. The summed E-state index contributed by atoms with van der Waals surface area (Å²) < 4.78 is 1.95. The highest BCUT2D eigenvalue weighted by molar-refractivity contribution is 7.99. The van der Waals surface area contributed by atoms with E-state index in [2.05, 4.69) is 66.3 Å². The van der Waals surface area contributed by atoms with Crippen molar-refractivity contribution in [1.82, 2.24) is 24.6 Å². The Balaban J connectivity index is 1.48. The maximum absolute atomic E-state index is 13.2. The molecule has 1 aliphatic heterocycles. The third-order valence-electron chi connectivity index (χ3n) is 5.70. The Morgan fingerprint density at radius 3 is 2.67 bits per heavy atom. The molecule has 0 N–H and O–H groups in total. The minimum Gasteiger partial charge on any atom is -0.332 e. The Morgan fingerprint density at radius 1 is 1.10 bits per heavy atom. The first-order chi connectivity index (χ1) is 14.5. The summed E-state index contributed by atoms with van der Waals surface area (Å²) >= 11 is 1.44. The second kappa shape index (κ2) is 9.02. The van der Waals surface area contributed by atoms with Crippen LogP contribution in [-0.4, -0.2) is 62.9 Å². The predicted octanol–water partition coefficient (Wildman–Crippen LogP) is 3.49. The van der Waals surface area contributed by atoms with E-state index in [1.165, 1.54) is 28.5 Å². The van der Waals surface area contributed by atoms with Gasteiger partial charge >= 0.3 is 0 Å². The minimum absolute atomic E-state index is 0.0793. The first-order valence-electron chi connectivity index (χ1n) is 10.2. The van der Waals surface area contributed by atoms with E-state index in [0.29, 0.717) is 5.75 Å². The minimum atomic E-state index is 0.0793. The number of benzene rings is 2. The van der Waals surface area contributed by atoms with Gasteiger partial charge in [-0.2, -0.15) is 0 Å². The molecule has 2 aromatic carbocycles. The van der Waals surface area contributed by atoms with Crippen LogP contribution < -0.4 is 0 Å². The van der Waals surface area contributed by atoms with Crippen LogP contribution in [0.3, 0.4) is 0 Å². The van der Waals surface area contributed by atoms with Gasteiger partial charge in [0.1, 0.15) is 6.33 Å². The lowest BCUT2D eigenvalue weighted by molar-refractivity contribution is -0.133. The molecule has 4 rings (SSSR count). The smallest absolute Gasteiger partial charge is 0.233 e. The van der Waals surface area contributed by atoms with Crippen molar-refractivity contribution in [1.29, 1.82) is 0 Å². The van der Waals surface area contributed by atoms with Crippen molar-refractivity contribution in [2.75, 3.05) is 32.4 Å². The third kappa shape index (κ3) is 4.42. The van der Waals surface area contributed by atoms with Crippen LogP contribution in [-0.2, 0) is 4.79 Å². The summed E-state index contributed by atoms with van der Waals surface area (Å²) in [6.45, 7) is 6.66. The molecule has 2 heterocycles. The average molecular weight is 422 g/mol. The number of likely N-dealkylation sites (N-methyl/N-ethyl adjacent to an activating group) is 1. The molecule has 1 fully saturated rings. The van der Waals surface area contributed by atoms with Crippen molar-refractivity contribution in [3.63, 3.8) is 0 Å². The Hall–Kier alpha value is -2.64. The number of piperazine rings is 1. The van der Waals surface area contributed by atoms with E-state index in [1.807, 2.05) is 27.7 Å². The SMILES string of the molecule is Cc1ccc(-n2cnnc2SCC(=O)N2CCN(C)CC2c2ccccc2)cc1C. The molecule has 0 radical (unpaired) electrons. The van der Waals surface area contributed by atoms with Crippen molar-refractivity contribution in [2.45, 2.75) is 25.0 Å². The molecule has 1 saturated heterocycles. The van der Waals surface area contributed by atoms with Crippen LogP contribution in [0.2, 0.25) is 0 Å². The lowest BCUT2D eigenvalue weighted by atomic mass is 10.0. The second-order valence-corrected chi connectivity index (χ2v) is 8.76. The second-order valence-electron chi connectivity index (χ2n) is 7.82. The first-order valence-corrected chi connectivity index (χ1v) is 11.1. The largest absolute Gasteiger partial charge is 0.332 e. The maximum Gasteiger partial charge on any atom is 0.233 e. The third-order valence-corrected chi connectivity index (χ3v) is 6.63. The van der Waals surface area contributed by atoms with Crippen molar-refractivity contribution in [3.8, 4) is 5.69 Å². The van der Waals surface area contributed by atoms with Crippen molar-refractivity contribution < 1.29 is 4.79 Å². The molecular formula is C23H27N5OS. The number of aromatic nitrogens is 3. The highest BCUT2D eigenvalue weighted by Gasteiger charge is 2.30. The predicted molar refractivity (Wildman–Crippen MR) is 120 cm³/mol. The van der Waals surface area contributed by atoms with Crippen molar-refractivity contribution >= 4 is 17.7 Å². The fourth-order valence-corrected chi connectivity index (χ4v) is 4.58. The first kappa shape index (κ1) is 20.6. The summed E-state index contributed by atoms with van der Waals surface area (Å²) in [5.41, 5.74) is 4.66. The van der Waals surface area contributed by atoms with Gasteiger partial charge in [0, 0.05) is 25.3 Å². The normalized spacial score (nSPS) is 17.3. The van der Waals surface area contributed by atoms with Crippen LogP contribution in [0.15, 0.2) is 60.0 Å². The van der Waals surface area contributed by atoms with E-state index in [1.54, 1.807) is 6.33 Å². The number of aryl methyl sites for hydroxylation is 2. The molecule has 3 aromatic rings. The Morgan fingerprint density at radius 2 is 1.90 bits per heavy atom. The number of thioether (sulfide) groups is 1. The number of hydrogen-bond acceptors (Lipinski definition) is 5. The van der Waals surface area contributed by atoms with E-state index in [-0.39, 0.29) is 11.9 Å². The molecule has 30 heavy (non-hydrogen) atoms. The zero-order valence-corrected chi connectivity index (χ0v) is 18.5. The fraction of sp³-hybridized carbons (Fsp3) is 0.348. The molecule has 1 aliphatic rings. The van der Waals surface area contributed by atoms with Gasteiger partial charge in [-0.25, -0.2) is 0 Å². The molecule has 1 unspecified atom stereocenters. The average Bonchev–Trinajstić information content (AvgIpc) is 3.23. The maximum atomic E-state index is 13.2. The van der Waals surface area contributed by atoms with Crippen LogP contribution in [0.5, 0.6) is 0 Å². The number of nitrogens with zero attached hydrogens (tertiary/aromatic N) is 5. The van der Waals surface area contributed by atoms with Gasteiger partial charge in [-0.3, -0.25) is 9.36 Å². The molecule has 156 valence electrons. The summed E-state index contributed by atoms with van der Waals surface area (Å²) in [6.07, 6.45) is 1.71. The van der Waals surface area contributed by atoms with Crippen LogP contribution in [0.1, 0.15) is 22.7 Å². The zero-order valence-electron chi connectivity index (χ0n) is 17.7. The van der Waals surface area contributed by atoms with Crippen LogP contribution in [0.4, 0.5) is 0 Å². The quantitative estimate of drug-likeness (QED) is 0.591. The molecule has 0 saturated carbocycles. The highest BCUT2D eigenvalue weighted by Crippen LogP contribution is 2.27. The van der Waals surface area contributed by atoms with E-state index in [9.17, 15) is 4.79 Å². The molecule has 1 aromatic heterocycles. The summed E-state index contributed by atoms with van der Waals surface area (Å²) in [5.74, 6) is 0.480.